The molecule has 142 valence electrons. The molecule has 2 atom stereocenters. The predicted octanol–water partition coefficient (Wildman–Crippen LogP) is 0.940. The summed E-state index contributed by atoms with van der Waals surface area (Å²) in [4.78, 5) is 28.8. The standard InChI is InChI=1S/C20H21BN4O3/c1-12-16-8-15(28-3)6-4-13(16)9-25(12)11-20(18(26)22-19(27)23-20)17-7-5-14(21)10-24(17)2/h4-8,10,17H,1,9,11H2,2-3H3,(H2,22,23,26,27). The molecule has 3 heterocycles. The number of nitrogens with zero attached hydrogens (tertiary/aromatic N) is 2. The number of imide groups is 1. The van der Waals surface area contributed by atoms with E-state index >= 15 is 0 Å². The van der Waals surface area contributed by atoms with Gasteiger partial charge in [-0.05, 0) is 23.9 Å². The highest BCUT2D eigenvalue weighted by Crippen LogP contribution is 2.37. The molecule has 28 heavy (non-hydrogen) atoms. The minimum absolute atomic E-state index is 0.271. The largest absolute Gasteiger partial charge is 0.497 e. The summed E-state index contributed by atoms with van der Waals surface area (Å²) in [5, 5.41) is 5.25. The van der Waals surface area contributed by atoms with Gasteiger partial charge >= 0.3 is 6.03 Å². The lowest BCUT2D eigenvalue weighted by Crippen LogP contribution is -2.65. The number of ether oxygens (including phenoxy) is 1. The molecular weight excluding hydrogens is 355 g/mol. The van der Waals surface area contributed by atoms with E-state index in [-0.39, 0.29) is 12.5 Å². The lowest BCUT2D eigenvalue weighted by Gasteiger charge is -2.42. The molecule has 4 rings (SSSR count). The van der Waals surface area contributed by atoms with Crippen LogP contribution in [-0.4, -0.2) is 61.9 Å². The van der Waals surface area contributed by atoms with E-state index in [0.717, 1.165) is 22.6 Å². The summed E-state index contributed by atoms with van der Waals surface area (Å²) >= 11 is 0. The van der Waals surface area contributed by atoms with Crippen LogP contribution in [0.4, 0.5) is 4.79 Å². The van der Waals surface area contributed by atoms with Crippen molar-refractivity contribution in [2.24, 2.45) is 0 Å². The third-order valence-electron chi connectivity index (χ3n) is 5.55. The van der Waals surface area contributed by atoms with Crippen molar-refractivity contribution in [1.29, 1.82) is 0 Å². The summed E-state index contributed by atoms with van der Waals surface area (Å²) in [6, 6.07) is 4.94. The number of hydrogen-bond donors (Lipinski definition) is 2. The average molecular weight is 376 g/mol. The van der Waals surface area contributed by atoms with Gasteiger partial charge in [0.15, 0.2) is 5.54 Å². The Morgan fingerprint density at radius 3 is 2.82 bits per heavy atom. The normalized spacial score (nSPS) is 26.1. The number of urea groups is 1. The monoisotopic (exact) mass is 376 g/mol. The number of likely N-dealkylation sites (N-methyl/N-ethyl adjacent to an activating group) is 1. The summed E-state index contributed by atoms with van der Waals surface area (Å²) in [6.45, 7) is 5.08. The molecule has 7 nitrogen and oxygen atoms in total. The van der Waals surface area contributed by atoms with Crippen LogP contribution in [0.25, 0.3) is 5.70 Å². The quantitative estimate of drug-likeness (QED) is 0.605. The van der Waals surface area contributed by atoms with Crippen LogP contribution in [0.5, 0.6) is 5.75 Å². The smallest absolute Gasteiger partial charge is 0.322 e. The van der Waals surface area contributed by atoms with E-state index in [1.807, 2.05) is 41.1 Å². The number of benzene rings is 1. The van der Waals surface area contributed by atoms with Crippen molar-refractivity contribution in [1.82, 2.24) is 20.4 Å². The van der Waals surface area contributed by atoms with E-state index < -0.39 is 17.6 Å². The molecule has 0 aromatic heterocycles. The second-order valence-electron chi connectivity index (χ2n) is 7.30. The van der Waals surface area contributed by atoms with E-state index in [1.54, 1.807) is 19.4 Å². The Bertz CT molecular complexity index is 941. The third-order valence-corrected chi connectivity index (χ3v) is 5.55. The fourth-order valence-electron chi connectivity index (χ4n) is 4.14. The molecule has 3 amide bonds. The number of fused-ring (bicyclic) bond motifs is 1. The first kappa shape index (κ1) is 18.2. The fraction of sp³-hybridized carbons (Fsp3) is 0.300. The van der Waals surface area contributed by atoms with Gasteiger partial charge in [0.25, 0.3) is 5.91 Å². The summed E-state index contributed by atoms with van der Waals surface area (Å²) in [7, 11) is 9.32. The zero-order valence-corrected chi connectivity index (χ0v) is 15.9. The number of amides is 3. The molecule has 3 aliphatic heterocycles. The zero-order valence-electron chi connectivity index (χ0n) is 15.9. The SMILES string of the molecule is [B]C1=CN(C)C(C2(CN3Cc4ccc(OC)cc4C3=C)NC(=O)NC2=O)C=C1. The lowest BCUT2D eigenvalue weighted by atomic mass is 9.83. The Morgan fingerprint density at radius 2 is 2.18 bits per heavy atom. The topological polar surface area (TPSA) is 73.9 Å². The Balaban J connectivity index is 1.67. The number of methoxy groups -OCH3 is 1. The Kier molecular flexibility index (Phi) is 4.21. The van der Waals surface area contributed by atoms with Crippen molar-refractivity contribution < 1.29 is 14.3 Å². The molecule has 3 aliphatic rings. The molecule has 1 aromatic carbocycles. The Labute approximate surface area is 165 Å². The van der Waals surface area contributed by atoms with Crippen molar-refractivity contribution in [2.45, 2.75) is 18.1 Å². The number of allylic oxidation sites excluding steroid dienone is 2. The molecule has 0 bridgehead atoms. The Hall–Kier alpha value is -3.16. The van der Waals surface area contributed by atoms with Crippen LogP contribution >= 0.6 is 0 Å². The van der Waals surface area contributed by atoms with Gasteiger partial charge in [-0.2, -0.15) is 0 Å². The maximum Gasteiger partial charge on any atom is 0.322 e. The van der Waals surface area contributed by atoms with Gasteiger partial charge in [-0.15, -0.1) is 0 Å². The maximum atomic E-state index is 12.9. The van der Waals surface area contributed by atoms with Crippen molar-refractivity contribution in [3.05, 3.63) is 59.7 Å². The number of nitrogens with one attached hydrogen (secondary N) is 2. The molecule has 1 saturated heterocycles. The van der Waals surface area contributed by atoms with Crippen molar-refractivity contribution in [3.8, 4) is 5.75 Å². The number of rotatable bonds is 4. The zero-order chi connectivity index (χ0) is 20.1. The van der Waals surface area contributed by atoms with Crippen LogP contribution < -0.4 is 15.4 Å². The van der Waals surface area contributed by atoms with Crippen LogP contribution in [0.3, 0.4) is 0 Å². The number of carbonyl (C=O) groups excluding carboxylic acids is 2. The van der Waals surface area contributed by atoms with Gasteiger partial charge in [-0.3, -0.25) is 10.1 Å². The highest BCUT2D eigenvalue weighted by Gasteiger charge is 2.54. The Morgan fingerprint density at radius 1 is 1.39 bits per heavy atom. The molecule has 1 fully saturated rings. The third kappa shape index (κ3) is 2.76. The highest BCUT2D eigenvalue weighted by atomic mass is 16.5. The minimum Gasteiger partial charge on any atom is -0.497 e. The van der Waals surface area contributed by atoms with Gasteiger partial charge in [0.1, 0.15) is 13.6 Å². The van der Waals surface area contributed by atoms with Gasteiger partial charge in [0.2, 0.25) is 0 Å². The fourth-order valence-corrected chi connectivity index (χ4v) is 4.14. The summed E-state index contributed by atoms with van der Waals surface area (Å²) in [6.07, 6.45) is 5.35. The van der Waals surface area contributed by atoms with Crippen molar-refractivity contribution in [3.63, 3.8) is 0 Å². The molecule has 0 saturated carbocycles. The van der Waals surface area contributed by atoms with Crippen LogP contribution in [0.1, 0.15) is 11.1 Å². The average Bonchev–Trinajstić information content (AvgIpc) is 3.11. The molecule has 0 spiro atoms. The van der Waals surface area contributed by atoms with Gasteiger partial charge < -0.3 is 19.9 Å². The van der Waals surface area contributed by atoms with Gasteiger partial charge in [0.05, 0.1) is 19.7 Å². The molecule has 2 radical (unpaired) electrons. The summed E-state index contributed by atoms with van der Waals surface area (Å²) in [5.41, 5.74) is 2.29. The minimum atomic E-state index is -1.17. The predicted molar refractivity (Wildman–Crippen MR) is 106 cm³/mol. The molecule has 2 unspecified atom stereocenters. The molecular formula is C20H21BN4O3. The maximum absolute atomic E-state index is 12.9. The van der Waals surface area contributed by atoms with E-state index in [9.17, 15) is 9.59 Å². The van der Waals surface area contributed by atoms with Crippen LogP contribution in [0, 0.1) is 0 Å². The van der Waals surface area contributed by atoms with Crippen molar-refractivity contribution >= 4 is 25.5 Å². The molecule has 1 aromatic rings. The first-order chi connectivity index (χ1) is 13.3. The van der Waals surface area contributed by atoms with E-state index in [1.165, 1.54) is 0 Å². The van der Waals surface area contributed by atoms with Gasteiger partial charge in [-0.1, -0.05) is 30.3 Å². The van der Waals surface area contributed by atoms with Gasteiger partial charge in [-0.25, -0.2) is 4.79 Å². The summed E-state index contributed by atoms with van der Waals surface area (Å²) in [5.74, 6) is 0.383. The lowest BCUT2D eigenvalue weighted by molar-refractivity contribution is -0.126. The number of hydrogen-bond acceptors (Lipinski definition) is 5. The first-order valence-corrected chi connectivity index (χ1v) is 8.96. The number of carbonyl (C=O) groups is 2. The van der Waals surface area contributed by atoms with E-state index in [4.69, 9.17) is 12.6 Å². The second kappa shape index (κ2) is 6.47. The second-order valence-corrected chi connectivity index (χ2v) is 7.30. The van der Waals surface area contributed by atoms with E-state index in [0.29, 0.717) is 12.0 Å². The highest BCUT2D eigenvalue weighted by molar-refractivity contribution is 6.23. The van der Waals surface area contributed by atoms with Crippen LogP contribution in [0.15, 0.2) is 48.6 Å². The molecule has 2 N–H and O–H groups in total. The molecule has 8 heteroatoms. The van der Waals surface area contributed by atoms with E-state index in [2.05, 4.69) is 17.2 Å². The molecule has 0 aliphatic carbocycles. The first-order valence-electron chi connectivity index (χ1n) is 8.96. The van der Waals surface area contributed by atoms with Crippen molar-refractivity contribution in [2.75, 3.05) is 20.7 Å². The van der Waals surface area contributed by atoms with Crippen LogP contribution in [0.2, 0.25) is 0 Å². The van der Waals surface area contributed by atoms with Crippen LogP contribution in [-0.2, 0) is 11.3 Å². The summed E-state index contributed by atoms with van der Waals surface area (Å²) < 4.78 is 5.31. The van der Waals surface area contributed by atoms with Gasteiger partial charge in [0, 0.05) is 24.9 Å².